The van der Waals surface area contributed by atoms with Crippen LogP contribution in [-0.2, 0) is 6.54 Å². The van der Waals surface area contributed by atoms with Gasteiger partial charge in [-0.2, -0.15) is 0 Å². The summed E-state index contributed by atoms with van der Waals surface area (Å²) in [6, 6.07) is 11.6. The highest BCUT2D eigenvalue weighted by Crippen LogP contribution is 2.11. The van der Waals surface area contributed by atoms with Crippen LogP contribution in [0.1, 0.15) is 18.1 Å². The third-order valence-electron chi connectivity index (χ3n) is 2.48. The van der Waals surface area contributed by atoms with E-state index in [1.807, 2.05) is 49.5 Å². The Bertz CT molecular complexity index is 504. The lowest BCUT2D eigenvalue weighted by atomic mass is 10.1. The predicted molar refractivity (Wildman–Crippen MR) is 71.6 cm³/mol. The zero-order valence-electron chi connectivity index (χ0n) is 9.60. The normalized spacial score (nSPS) is 11.5. The van der Waals surface area contributed by atoms with E-state index in [0.29, 0.717) is 6.54 Å². The van der Waals surface area contributed by atoms with E-state index in [4.69, 9.17) is 11.6 Å². The number of aliphatic imine (C=N–C) groups is 1. The van der Waals surface area contributed by atoms with E-state index in [0.717, 1.165) is 21.9 Å². The number of aromatic nitrogens is 1. The number of rotatable bonds is 3. The van der Waals surface area contributed by atoms with Gasteiger partial charge in [0.25, 0.3) is 0 Å². The first kappa shape index (κ1) is 11.8. The van der Waals surface area contributed by atoms with Crippen LogP contribution in [0.15, 0.2) is 53.8 Å². The molecule has 17 heavy (non-hydrogen) atoms. The molecule has 0 saturated carbocycles. The fraction of sp³-hybridized carbons (Fsp3) is 0.143. The first-order valence-electron chi connectivity index (χ1n) is 5.41. The smallest absolute Gasteiger partial charge is 0.0658 e. The molecule has 2 rings (SSSR count). The van der Waals surface area contributed by atoms with Gasteiger partial charge in [-0.3, -0.25) is 9.98 Å². The van der Waals surface area contributed by atoms with Gasteiger partial charge in [-0.1, -0.05) is 29.8 Å². The SMILES string of the molecule is CC(=NCc1cccnc1)c1ccc(Cl)cc1. The Morgan fingerprint density at radius 1 is 1.24 bits per heavy atom. The summed E-state index contributed by atoms with van der Waals surface area (Å²) in [5.74, 6) is 0. The lowest BCUT2D eigenvalue weighted by Crippen LogP contribution is -1.95. The fourth-order valence-electron chi connectivity index (χ4n) is 1.48. The van der Waals surface area contributed by atoms with Gasteiger partial charge in [0.15, 0.2) is 0 Å². The van der Waals surface area contributed by atoms with Gasteiger partial charge in [0.05, 0.1) is 6.54 Å². The summed E-state index contributed by atoms with van der Waals surface area (Å²) in [6.45, 7) is 2.65. The fourth-order valence-corrected chi connectivity index (χ4v) is 1.61. The van der Waals surface area contributed by atoms with E-state index in [1.165, 1.54) is 0 Å². The average molecular weight is 245 g/mol. The van der Waals surface area contributed by atoms with Gasteiger partial charge in [0.2, 0.25) is 0 Å². The number of nitrogens with zero attached hydrogens (tertiary/aromatic N) is 2. The van der Waals surface area contributed by atoms with Crippen LogP contribution in [0.25, 0.3) is 0 Å². The van der Waals surface area contributed by atoms with Crippen molar-refractivity contribution in [1.82, 2.24) is 4.98 Å². The summed E-state index contributed by atoms with van der Waals surface area (Å²) in [5, 5.41) is 0.744. The molecule has 0 aliphatic heterocycles. The Morgan fingerprint density at radius 2 is 2.00 bits per heavy atom. The lowest BCUT2D eigenvalue weighted by molar-refractivity contribution is 1.04. The highest BCUT2D eigenvalue weighted by Gasteiger charge is 1.97. The largest absolute Gasteiger partial charge is 0.285 e. The van der Waals surface area contributed by atoms with Crippen LogP contribution < -0.4 is 0 Å². The molecule has 1 heterocycles. The Balaban J connectivity index is 2.10. The van der Waals surface area contributed by atoms with Crippen molar-refractivity contribution in [3.8, 4) is 0 Å². The third kappa shape index (κ3) is 3.40. The van der Waals surface area contributed by atoms with Crippen molar-refractivity contribution in [3.05, 3.63) is 64.9 Å². The molecule has 2 aromatic rings. The highest BCUT2D eigenvalue weighted by molar-refractivity contribution is 6.30. The molecule has 0 aliphatic carbocycles. The van der Waals surface area contributed by atoms with Crippen LogP contribution in [0, 0.1) is 0 Å². The molecule has 0 radical (unpaired) electrons. The number of hydrogen-bond acceptors (Lipinski definition) is 2. The van der Waals surface area contributed by atoms with Crippen LogP contribution in [0.5, 0.6) is 0 Å². The minimum Gasteiger partial charge on any atom is -0.285 e. The molecule has 0 spiro atoms. The van der Waals surface area contributed by atoms with Crippen LogP contribution in [0.3, 0.4) is 0 Å². The van der Waals surface area contributed by atoms with Crippen molar-refractivity contribution in [1.29, 1.82) is 0 Å². The van der Waals surface area contributed by atoms with Crippen molar-refractivity contribution in [2.45, 2.75) is 13.5 Å². The van der Waals surface area contributed by atoms with Gasteiger partial charge in [-0.15, -0.1) is 0 Å². The topological polar surface area (TPSA) is 25.2 Å². The van der Waals surface area contributed by atoms with Crippen LogP contribution in [0.4, 0.5) is 0 Å². The van der Waals surface area contributed by atoms with Gasteiger partial charge in [0.1, 0.15) is 0 Å². The maximum absolute atomic E-state index is 5.84. The number of halogens is 1. The summed E-state index contributed by atoms with van der Waals surface area (Å²) in [6.07, 6.45) is 3.60. The molecular weight excluding hydrogens is 232 g/mol. The second-order valence-corrected chi connectivity index (χ2v) is 4.21. The second-order valence-electron chi connectivity index (χ2n) is 3.77. The Hall–Kier alpha value is -1.67. The first-order chi connectivity index (χ1) is 8.25. The molecule has 0 saturated heterocycles. The zero-order valence-corrected chi connectivity index (χ0v) is 10.4. The molecule has 0 aliphatic rings. The quantitative estimate of drug-likeness (QED) is 0.755. The Kier molecular flexibility index (Phi) is 3.89. The summed E-state index contributed by atoms with van der Waals surface area (Å²) in [7, 11) is 0. The monoisotopic (exact) mass is 244 g/mol. The van der Waals surface area contributed by atoms with Crippen molar-refractivity contribution < 1.29 is 0 Å². The summed E-state index contributed by atoms with van der Waals surface area (Å²) in [5.41, 5.74) is 3.21. The molecule has 3 heteroatoms. The van der Waals surface area contributed by atoms with E-state index >= 15 is 0 Å². The number of benzene rings is 1. The molecule has 0 amide bonds. The molecular formula is C14H13ClN2. The van der Waals surface area contributed by atoms with Gasteiger partial charge < -0.3 is 0 Å². The van der Waals surface area contributed by atoms with E-state index < -0.39 is 0 Å². The van der Waals surface area contributed by atoms with E-state index in [2.05, 4.69) is 9.98 Å². The maximum atomic E-state index is 5.84. The van der Waals surface area contributed by atoms with Gasteiger partial charge in [-0.05, 0) is 36.2 Å². The van der Waals surface area contributed by atoms with E-state index in [-0.39, 0.29) is 0 Å². The molecule has 0 fully saturated rings. The van der Waals surface area contributed by atoms with Gasteiger partial charge in [-0.25, -0.2) is 0 Å². The van der Waals surface area contributed by atoms with Gasteiger partial charge >= 0.3 is 0 Å². The van der Waals surface area contributed by atoms with Crippen molar-refractivity contribution in [3.63, 3.8) is 0 Å². The molecule has 0 atom stereocenters. The molecule has 0 unspecified atom stereocenters. The standard InChI is InChI=1S/C14H13ClN2/c1-11(13-4-6-14(15)7-5-13)17-10-12-3-2-8-16-9-12/h2-9H,10H2,1H3. The molecule has 0 N–H and O–H groups in total. The maximum Gasteiger partial charge on any atom is 0.0658 e. The minimum atomic E-state index is 0.655. The van der Waals surface area contributed by atoms with Gasteiger partial charge in [0, 0.05) is 23.1 Å². The molecule has 2 nitrogen and oxygen atoms in total. The second kappa shape index (κ2) is 5.60. The number of pyridine rings is 1. The Morgan fingerprint density at radius 3 is 2.65 bits per heavy atom. The molecule has 1 aromatic carbocycles. The van der Waals surface area contributed by atoms with Crippen molar-refractivity contribution in [2.24, 2.45) is 4.99 Å². The molecule has 86 valence electrons. The molecule has 1 aromatic heterocycles. The average Bonchev–Trinajstić information content (AvgIpc) is 2.38. The van der Waals surface area contributed by atoms with Crippen LogP contribution in [0.2, 0.25) is 5.02 Å². The third-order valence-corrected chi connectivity index (χ3v) is 2.74. The Labute approximate surface area is 106 Å². The zero-order chi connectivity index (χ0) is 12.1. The van der Waals surface area contributed by atoms with Crippen LogP contribution >= 0.6 is 11.6 Å². The summed E-state index contributed by atoms with van der Waals surface area (Å²) in [4.78, 5) is 8.59. The molecule has 0 bridgehead atoms. The number of hydrogen-bond donors (Lipinski definition) is 0. The minimum absolute atomic E-state index is 0.655. The van der Waals surface area contributed by atoms with Crippen molar-refractivity contribution in [2.75, 3.05) is 0 Å². The highest BCUT2D eigenvalue weighted by atomic mass is 35.5. The van der Waals surface area contributed by atoms with E-state index in [1.54, 1.807) is 6.20 Å². The predicted octanol–water partition coefficient (Wildman–Crippen LogP) is 3.74. The summed E-state index contributed by atoms with van der Waals surface area (Å²) >= 11 is 5.84. The lowest BCUT2D eigenvalue weighted by Gasteiger charge is -2.01. The summed E-state index contributed by atoms with van der Waals surface area (Å²) < 4.78 is 0. The van der Waals surface area contributed by atoms with E-state index in [9.17, 15) is 0 Å². The first-order valence-corrected chi connectivity index (χ1v) is 5.79. The van der Waals surface area contributed by atoms with Crippen molar-refractivity contribution >= 4 is 17.3 Å². The van der Waals surface area contributed by atoms with Crippen LogP contribution in [-0.4, -0.2) is 10.7 Å².